The quantitative estimate of drug-likeness (QED) is 0.507. The van der Waals surface area contributed by atoms with Gasteiger partial charge in [-0.3, -0.25) is 9.69 Å². The number of ether oxygens (including phenoxy) is 1. The lowest BCUT2D eigenvalue weighted by molar-refractivity contribution is -0.137. The fraction of sp³-hybridized carbons (Fsp3) is 0.552. The van der Waals surface area contributed by atoms with Gasteiger partial charge in [-0.2, -0.15) is 13.2 Å². The van der Waals surface area contributed by atoms with Gasteiger partial charge in [0.15, 0.2) is 0 Å². The standard InChI is InChI=1S/C29H36F3N3O2/c1-37-27-14-12-23(29(30,31)32)19-26(27)34-17-15-33(16-18-34)20-24-13-11-21-7-5-6-10-25(21)35(24)28(36)22-8-3-2-4-9-22/h5-7,10,12,14,19,22,24H,2-4,8-9,11,13,15-18,20H2,1H3. The minimum Gasteiger partial charge on any atom is -0.495 e. The van der Waals surface area contributed by atoms with Crippen LogP contribution < -0.4 is 14.5 Å². The molecule has 0 N–H and O–H groups in total. The molecule has 0 bridgehead atoms. The van der Waals surface area contributed by atoms with Gasteiger partial charge in [-0.1, -0.05) is 37.5 Å². The molecule has 0 spiro atoms. The molecule has 1 unspecified atom stereocenters. The van der Waals surface area contributed by atoms with Crippen LogP contribution in [0.3, 0.4) is 0 Å². The summed E-state index contributed by atoms with van der Waals surface area (Å²) in [5.41, 5.74) is 2.12. The molecule has 1 saturated heterocycles. The number of nitrogens with zero attached hydrogens (tertiary/aromatic N) is 3. The maximum atomic E-state index is 13.8. The van der Waals surface area contributed by atoms with Gasteiger partial charge in [0.25, 0.3) is 0 Å². The van der Waals surface area contributed by atoms with Crippen LogP contribution in [0.25, 0.3) is 0 Å². The molecule has 1 aliphatic carbocycles. The second-order valence-corrected chi connectivity index (χ2v) is 10.5. The number of rotatable bonds is 5. The Morgan fingerprint density at radius 2 is 1.68 bits per heavy atom. The third-order valence-corrected chi connectivity index (χ3v) is 8.24. The molecule has 0 radical (unpaired) electrons. The zero-order chi connectivity index (χ0) is 26.0. The van der Waals surface area contributed by atoms with Crippen LogP contribution >= 0.6 is 0 Å². The summed E-state index contributed by atoms with van der Waals surface area (Å²) in [6, 6.07) is 12.0. The van der Waals surface area contributed by atoms with Crippen LogP contribution in [0.15, 0.2) is 42.5 Å². The largest absolute Gasteiger partial charge is 0.495 e. The van der Waals surface area contributed by atoms with Gasteiger partial charge in [0.2, 0.25) is 5.91 Å². The van der Waals surface area contributed by atoms with E-state index in [4.69, 9.17) is 4.74 Å². The highest BCUT2D eigenvalue weighted by Gasteiger charge is 2.37. The number of piperazine rings is 1. The van der Waals surface area contributed by atoms with Crippen LogP contribution in [0.1, 0.15) is 49.7 Å². The Kier molecular flexibility index (Phi) is 7.65. The fourth-order valence-corrected chi connectivity index (χ4v) is 6.21. The SMILES string of the molecule is COc1ccc(C(F)(F)F)cc1N1CCN(CC2CCc3ccccc3N2C(=O)C2CCCCC2)CC1. The van der Waals surface area contributed by atoms with E-state index in [1.54, 1.807) is 0 Å². The van der Waals surface area contributed by atoms with E-state index in [1.807, 2.05) is 17.0 Å². The summed E-state index contributed by atoms with van der Waals surface area (Å²) in [5, 5.41) is 0. The highest BCUT2D eigenvalue weighted by atomic mass is 19.4. The Balaban J connectivity index is 1.29. The number of amides is 1. The number of methoxy groups -OCH3 is 1. The molecular formula is C29H36F3N3O2. The van der Waals surface area contributed by atoms with Crippen molar-refractivity contribution in [3.63, 3.8) is 0 Å². The van der Waals surface area contributed by atoms with Crippen molar-refractivity contribution in [2.45, 2.75) is 57.2 Å². The van der Waals surface area contributed by atoms with Gasteiger partial charge in [0.1, 0.15) is 5.75 Å². The smallest absolute Gasteiger partial charge is 0.416 e. The predicted octanol–water partition coefficient (Wildman–Crippen LogP) is 5.76. The first kappa shape index (κ1) is 25.9. The number of halogens is 3. The third kappa shape index (κ3) is 5.59. The van der Waals surface area contributed by atoms with Crippen molar-refractivity contribution in [1.82, 2.24) is 4.90 Å². The first-order chi connectivity index (χ1) is 17.8. The molecule has 0 aromatic heterocycles. The number of para-hydroxylation sites is 1. The number of fused-ring (bicyclic) bond motifs is 1. The van der Waals surface area contributed by atoms with E-state index in [2.05, 4.69) is 21.9 Å². The van der Waals surface area contributed by atoms with Crippen molar-refractivity contribution in [3.8, 4) is 5.75 Å². The highest BCUT2D eigenvalue weighted by Crippen LogP contribution is 2.38. The maximum absolute atomic E-state index is 13.8. The number of aryl methyl sites for hydroxylation is 1. The molecule has 5 rings (SSSR count). The molecule has 2 aromatic rings. The summed E-state index contributed by atoms with van der Waals surface area (Å²) < 4.78 is 45.4. The summed E-state index contributed by atoms with van der Waals surface area (Å²) in [5.74, 6) is 0.825. The van der Waals surface area contributed by atoms with E-state index in [9.17, 15) is 18.0 Å². The predicted molar refractivity (Wildman–Crippen MR) is 139 cm³/mol. The minimum absolute atomic E-state index is 0.104. The van der Waals surface area contributed by atoms with E-state index >= 15 is 0 Å². The first-order valence-electron chi connectivity index (χ1n) is 13.5. The average Bonchev–Trinajstić information content (AvgIpc) is 2.92. The van der Waals surface area contributed by atoms with Crippen molar-refractivity contribution in [3.05, 3.63) is 53.6 Å². The van der Waals surface area contributed by atoms with Gasteiger partial charge in [0, 0.05) is 50.4 Å². The van der Waals surface area contributed by atoms with Crippen molar-refractivity contribution in [1.29, 1.82) is 0 Å². The van der Waals surface area contributed by atoms with E-state index < -0.39 is 11.7 Å². The topological polar surface area (TPSA) is 36.0 Å². The van der Waals surface area contributed by atoms with Crippen LogP contribution in [0.4, 0.5) is 24.5 Å². The molecule has 2 aromatic carbocycles. The Bertz CT molecular complexity index is 1090. The van der Waals surface area contributed by atoms with E-state index in [0.717, 1.165) is 69.9 Å². The van der Waals surface area contributed by atoms with Crippen LogP contribution in [0, 0.1) is 5.92 Å². The Morgan fingerprint density at radius 1 is 0.946 bits per heavy atom. The summed E-state index contributed by atoms with van der Waals surface area (Å²) >= 11 is 0. The lowest BCUT2D eigenvalue weighted by atomic mass is 9.86. The number of hydrogen-bond donors (Lipinski definition) is 0. The Morgan fingerprint density at radius 3 is 2.38 bits per heavy atom. The molecule has 8 heteroatoms. The molecule has 2 aliphatic heterocycles. The van der Waals surface area contributed by atoms with Crippen molar-refractivity contribution >= 4 is 17.3 Å². The van der Waals surface area contributed by atoms with Gasteiger partial charge in [-0.05, 0) is 55.5 Å². The first-order valence-corrected chi connectivity index (χ1v) is 13.5. The normalized spacial score (nSPS) is 21.6. The van der Waals surface area contributed by atoms with Crippen LogP contribution in [-0.4, -0.2) is 56.7 Å². The zero-order valence-corrected chi connectivity index (χ0v) is 21.5. The molecule has 1 saturated carbocycles. The van der Waals surface area contributed by atoms with Gasteiger partial charge in [0.05, 0.1) is 18.4 Å². The van der Waals surface area contributed by atoms with Gasteiger partial charge >= 0.3 is 6.18 Å². The molecule has 2 heterocycles. The lowest BCUT2D eigenvalue weighted by Crippen LogP contribution is -2.55. The number of anilines is 2. The molecule has 1 amide bonds. The van der Waals surface area contributed by atoms with Gasteiger partial charge < -0.3 is 14.5 Å². The maximum Gasteiger partial charge on any atom is 0.416 e. The number of benzene rings is 2. The summed E-state index contributed by atoms with van der Waals surface area (Å²) in [6.45, 7) is 3.45. The molecule has 5 nitrogen and oxygen atoms in total. The Hall–Kier alpha value is -2.74. The lowest BCUT2D eigenvalue weighted by Gasteiger charge is -2.44. The monoisotopic (exact) mass is 515 g/mol. The van der Waals surface area contributed by atoms with Crippen molar-refractivity contribution < 1.29 is 22.7 Å². The van der Waals surface area contributed by atoms with Crippen molar-refractivity contribution in [2.24, 2.45) is 5.92 Å². The zero-order valence-electron chi connectivity index (χ0n) is 21.5. The van der Waals surface area contributed by atoms with Crippen molar-refractivity contribution in [2.75, 3.05) is 49.6 Å². The molecule has 200 valence electrons. The molecule has 2 fully saturated rings. The van der Waals surface area contributed by atoms with E-state index in [-0.39, 0.29) is 17.9 Å². The third-order valence-electron chi connectivity index (χ3n) is 8.24. The van der Waals surface area contributed by atoms with Crippen LogP contribution in [0.5, 0.6) is 5.75 Å². The van der Waals surface area contributed by atoms with Gasteiger partial charge in [-0.25, -0.2) is 0 Å². The number of carbonyl (C=O) groups is 1. The number of hydrogen-bond acceptors (Lipinski definition) is 4. The molecule has 3 aliphatic rings. The minimum atomic E-state index is -4.39. The summed E-state index contributed by atoms with van der Waals surface area (Å²) in [4.78, 5) is 20.2. The Labute approximate surface area is 217 Å². The summed E-state index contributed by atoms with van der Waals surface area (Å²) in [7, 11) is 1.49. The van der Waals surface area contributed by atoms with E-state index in [1.165, 1.54) is 31.2 Å². The van der Waals surface area contributed by atoms with Crippen LogP contribution in [0.2, 0.25) is 0 Å². The summed E-state index contributed by atoms with van der Waals surface area (Å²) in [6.07, 6.45) is 2.89. The molecule has 1 atom stereocenters. The molecule has 37 heavy (non-hydrogen) atoms. The van der Waals surface area contributed by atoms with Gasteiger partial charge in [-0.15, -0.1) is 0 Å². The average molecular weight is 516 g/mol. The number of carbonyl (C=O) groups excluding carboxylic acids is 1. The highest BCUT2D eigenvalue weighted by molar-refractivity contribution is 5.97. The second-order valence-electron chi connectivity index (χ2n) is 10.5. The number of alkyl halides is 3. The van der Waals surface area contributed by atoms with Crippen LogP contribution in [-0.2, 0) is 17.4 Å². The fourth-order valence-electron chi connectivity index (χ4n) is 6.21. The second kappa shape index (κ2) is 10.9. The molecular weight excluding hydrogens is 479 g/mol. The van der Waals surface area contributed by atoms with E-state index in [0.29, 0.717) is 24.5 Å².